The first-order chi connectivity index (χ1) is 19.9. The Morgan fingerprint density at radius 1 is 1.24 bits per heavy atom. The number of allylic oxidation sites excluding steroid dienone is 1. The van der Waals surface area contributed by atoms with Gasteiger partial charge in [0, 0.05) is 17.2 Å². The van der Waals surface area contributed by atoms with E-state index in [0.29, 0.717) is 0 Å². The van der Waals surface area contributed by atoms with Crippen molar-refractivity contribution in [2.24, 2.45) is 5.16 Å². The number of β-lactam (4-membered cyclic amide) rings is 1. The summed E-state index contributed by atoms with van der Waals surface area (Å²) in [6.45, 7) is -0.864. The third-order valence-corrected chi connectivity index (χ3v) is 7.67. The molecule has 0 saturated carbocycles. The van der Waals surface area contributed by atoms with E-state index in [9.17, 15) is 44.5 Å². The van der Waals surface area contributed by atoms with E-state index < -0.39 is 74.4 Å². The number of fused-ring (bicyclic) bond motifs is 1. The second-order valence-corrected chi connectivity index (χ2v) is 10.3. The van der Waals surface area contributed by atoms with Crippen LogP contribution in [0.3, 0.4) is 0 Å². The van der Waals surface area contributed by atoms with Gasteiger partial charge in [0.25, 0.3) is 23.2 Å². The maximum atomic E-state index is 13.0. The molecule has 1 unspecified atom stereocenters. The number of thiazole rings is 1. The van der Waals surface area contributed by atoms with Gasteiger partial charge in [-0.15, -0.1) is 23.1 Å². The quantitative estimate of drug-likeness (QED) is 0.117. The van der Waals surface area contributed by atoms with Gasteiger partial charge < -0.3 is 26.1 Å². The number of non-ortho nitro benzene ring substituents is 1. The van der Waals surface area contributed by atoms with Crippen LogP contribution < -0.4 is 11.1 Å². The van der Waals surface area contributed by atoms with Gasteiger partial charge in [-0.3, -0.25) is 34.7 Å². The van der Waals surface area contributed by atoms with E-state index in [4.69, 9.17) is 10.8 Å². The lowest BCUT2D eigenvalue weighted by Gasteiger charge is -2.49. The molecule has 1 fully saturated rings. The summed E-state index contributed by atoms with van der Waals surface area (Å²) in [4.78, 5) is 79.2. The lowest BCUT2D eigenvalue weighted by atomic mass is 10.0. The fourth-order valence-electron chi connectivity index (χ4n) is 3.87. The van der Waals surface area contributed by atoms with Gasteiger partial charge in [0.1, 0.15) is 22.8 Å². The number of amides is 2. The molecule has 1 aromatic heterocycles. The van der Waals surface area contributed by atoms with Crippen LogP contribution in [0.5, 0.6) is 0 Å². The minimum absolute atomic E-state index is 0.0189. The molecule has 218 valence electrons. The average molecular weight is 620 g/mol. The van der Waals surface area contributed by atoms with Crippen LogP contribution in [0.15, 0.2) is 46.1 Å². The number of rotatable bonds is 11. The Balaban J connectivity index is 1.57. The second-order valence-electron chi connectivity index (χ2n) is 8.31. The fraction of sp³-hybridized carbons (Fsp3) is 0.182. The topological polar surface area (TPSA) is 271 Å². The minimum atomic E-state index is -1.47. The Morgan fingerprint density at radius 2 is 1.98 bits per heavy atom. The molecule has 1 saturated heterocycles. The first kappa shape index (κ1) is 29.6. The van der Waals surface area contributed by atoms with E-state index in [1.54, 1.807) is 0 Å². The third kappa shape index (κ3) is 6.02. The van der Waals surface area contributed by atoms with Gasteiger partial charge >= 0.3 is 11.9 Å². The molecular weight excluding hydrogens is 602 g/mol. The van der Waals surface area contributed by atoms with Crippen LogP contribution >= 0.6 is 23.1 Å². The van der Waals surface area contributed by atoms with E-state index in [-0.39, 0.29) is 27.7 Å². The van der Waals surface area contributed by atoms with E-state index in [1.807, 2.05) is 0 Å². The summed E-state index contributed by atoms with van der Waals surface area (Å²) in [5.41, 5.74) is 3.69. The lowest BCUT2D eigenvalue weighted by Crippen LogP contribution is -2.71. The third-order valence-electron chi connectivity index (χ3n) is 5.70. The number of carbonyl (C=O) groups excluding carboxylic acids is 2. The summed E-state index contributed by atoms with van der Waals surface area (Å²) < 4.78 is 0. The standard InChI is InChI=1S/C22H17N7O11S2/c23-22-24-12(8-42-22)15(26-40-6-14(30)31)18(32)25-16-19(33)27-17(21(34)35)10(7-41-20(16)27)2-1-9-3-4-11(28(36)37)5-13(9)29(38)39/h1-5,8,16,20H,6-7H2,(H2,23,24)(H,25,32)(H,30,31)(H,34,35)/t16?,20-/m0/s1. The number of thioether (sulfide) groups is 1. The maximum Gasteiger partial charge on any atom is 0.352 e. The zero-order chi connectivity index (χ0) is 30.7. The minimum Gasteiger partial charge on any atom is -0.479 e. The van der Waals surface area contributed by atoms with Crippen LogP contribution in [0.4, 0.5) is 16.5 Å². The van der Waals surface area contributed by atoms with Crippen LogP contribution in [0.2, 0.25) is 0 Å². The molecule has 0 spiro atoms. The zero-order valence-corrected chi connectivity index (χ0v) is 22.4. The molecule has 0 aliphatic carbocycles. The number of nitrogens with zero attached hydrogens (tertiary/aromatic N) is 5. The number of nitrogen functional groups attached to an aromatic ring is 1. The van der Waals surface area contributed by atoms with Crippen LogP contribution in [0.1, 0.15) is 11.3 Å². The monoisotopic (exact) mass is 619 g/mol. The molecular formula is C22H17N7O11S2. The number of nitrogens with one attached hydrogen (secondary N) is 1. The van der Waals surface area contributed by atoms with E-state index in [0.717, 1.165) is 46.2 Å². The van der Waals surface area contributed by atoms with Crippen LogP contribution in [0.25, 0.3) is 6.08 Å². The number of oxime groups is 1. The molecule has 0 bridgehead atoms. The van der Waals surface area contributed by atoms with Gasteiger partial charge in [-0.2, -0.15) is 0 Å². The number of carbonyl (C=O) groups is 4. The highest BCUT2D eigenvalue weighted by Crippen LogP contribution is 2.41. The molecule has 4 rings (SSSR count). The van der Waals surface area contributed by atoms with Gasteiger partial charge in [-0.05, 0) is 17.7 Å². The van der Waals surface area contributed by atoms with Crippen molar-refractivity contribution in [1.82, 2.24) is 15.2 Å². The summed E-state index contributed by atoms with van der Waals surface area (Å²) in [6, 6.07) is 1.77. The molecule has 3 heterocycles. The molecule has 2 aromatic rings. The highest BCUT2D eigenvalue weighted by Gasteiger charge is 2.54. The van der Waals surface area contributed by atoms with Gasteiger partial charge in [0.05, 0.1) is 21.5 Å². The van der Waals surface area contributed by atoms with Gasteiger partial charge in [-0.25, -0.2) is 14.6 Å². The lowest BCUT2D eigenvalue weighted by molar-refractivity contribution is -0.394. The molecule has 2 amide bonds. The van der Waals surface area contributed by atoms with E-state index in [1.165, 1.54) is 17.5 Å². The Bertz CT molecular complexity index is 1620. The number of hydrogen-bond acceptors (Lipinski definition) is 14. The number of aliphatic carboxylic acids is 2. The summed E-state index contributed by atoms with van der Waals surface area (Å²) in [5, 5.41) is 47.6. The van der Waals surface area contributed by atoms with Crippen molar-refractivity contribution in [3.05, 3.63) is 72.4 Å². The Hall–Kier alpha value is -5.37. The number of aromatic nitrogens is 1. The number of nitro benzene ring substituents is 2. The highest BCUT2D eigenvalue weighted by atomic mass is 32.2. The molecule has 20 heteroatoms. The number of benzene rings is 1. The van der Waals surface area contributed by atoms with E-state index in [2.05, 4.69) is 20.3 Å². The molecule has 1 aromatic carbocycles. The average Bonchev–Trinajstić information content (AvgIpc) is 3.37. The smallest absolute Gasteiger partial charge is 0.352 e. The van der Waals surface area contributed by atoms with Crippen molar-refractivity contribution in [3.8, 4) is 0 Å². The van der Waals surface area contributed by atoms with Crippen molar-refractivity contribution in [1.29, 1.82) is 0 Å². The van der Waals surface area contributed by atoms with Crippen LogP contribution in [-0.4, -0.2) is 83.2 Å². The summed E-state index contributed by atoms with van der Waals surface area (Å²) in [5.74, 6) is -4.56. The molecule has 42 heavy (non-hydrogen) atoms. The summed E-state index contributed by atoms with van der Waals surface area (Å²) in [6.07, 6.45) is 2.47. The normalized spacial score (nSPS) is 18.3. The van der Waals surface area contributed by atoms with Gasteiger partial charge in [0.2, 0.25) is 6.61 Å². The molecule has 18 nitrogen and oxygen atoms in total. The Kier molecular flexibility index (Phi) is 8.47. The number of nitrogens with two attached hydrogens (primary N) is 1. The first-order valence-electron chi connectivity index (χ1n) is 11.3. The molecule has 2 aliphatic rings. The van der Waals surface area contributed by atoms with Gasteiger partial charge in [-0.1, -0.05) is 11.2 Å². The molecule has 0 radical (unpaired) electrons. The Morgan fingerprint density at radius 3 is 2.57 bits per heavy atom. The summed E-state index contributed by atoms with van der Waals surface area (Å²) in [7, 11) is 0. The van der Waals surface area contributed by atoms with Gasteiger partial charge in [0.15, 0.2) is 10.8 Å². The molecule has 5 N–H and O–H groups in total. The largest absolute Gasteiger partial charge is 0.479 e. The van der Waals surface area contributed by atoms with Crippen LogP contribution in [0, 0.1) is 20.2 Å². The predicted octanol–water partition coefficient (Wildman–Crippen LogP) is 0.799. The SMILES string of the molecule is Nc1nc(C(=NOCC(=O)O)C(=O)NC2C(=O)N3C(C(=O)O)=C(C=Cc4ccc([N+](=O)[O-])cc4[N+](=O)[O-])CS[C@@H]23)cs1. The number of anilines is 1. The van der Waals surface area contributed by atoms with Crippen molar-refractivity contribution in [2.75, 3.05) is 18.1 Å². The number of carboxylic acid groups (broad SMARTS) is 2. The second kappa shape index (κ2) is 12.0. The van der Waals surface area contributed by atoms with Crippen molar-refractivity contribution in [3.63, 3.8) is 0 Å². The molecule has 2 aliphatic heterocycles. The van der Waals surface area contributed by atoms with Crippen molar-refractivity contribution in [2.45, 2.75) is 11.4 Å². The molecule has 2 atom stereocenters. The maximum absolute atomic E-state index is 13.0. The van der Waals surface area contributed by atoms with Crippen molar-refractivity contribution >= 4 is 75.1 Å². The first-order valence-corrected chi connectivity index (χ1v) is 13.3. The van der Waals surface area contributed by atoms with Crippen LogP contribution in [-0.2, 0) is 24.0 Å². The highest BCUT2D eigenvalue weighted by molar-refractivity contribution is 8.00. The predicted molar refractivity (Wildman–Crippen MR) is 145 cm³/mol. The number of hydrogen-bond donors (Lipinski definition) is 4. The number of nitro groups is 2. The Labute approximate surface area is 241 Å². The zero-order valence-electron chi connectivity index (χ0n) is 20.7. The van der Waals surface area contributed by atoms with E-state index >= 15 is 0 Å². The fourth-order valence-corrected chi connectivity index (χ4v) is 5.73. The number of carboxylic acids is 2. The van der Waals surface area contributed by atoms with Crippen molar-refractivity contribution < 1.29 is 44.1 Å². The summed E-state index contributed by atoms with van der Waals surface area (Å²) >= 11 is 2.06.